The van der Waals surface area contributed by atoms with Gasteiger partial charge in [0.25, 0.3) is 0 Å². The summed E-state index contributed by atoms with van der Waals surface area (Å²) in [5.41, 5.74) is -0.103. The van der Waals surface area contributed by atoms with Crippen molar-refractivity contribution in [2.24, 2.45) is 0 Å². The molecule has 98 valence electrons. The summed E-state index contributed by atoms with van der Waals surface area (Å²) in [5.74, 6) is -2.77. The molecule has 3 nitrogen and oxygen atoms in total. The highest BCUT2D eigenvalue weighted by Crippen LogP contribution is 2.25. The van der Waals surface area contributed by atoms with Gasteiger partial charge >= 0.3 is 5.97 Å². The predicted molar refractivity (Wildman–Crippen MR) is 65.9 cm³/mol. The number of aromatic nitrogens is 1. The molecular formula is C13H8ClF2NO2. The highest BCUT2D eigenvalue weighted by molar-refractivity contribution is 6.33. The molecule has 0 saturated heterocycles. The maximum absolute atomic E-state index is 13.6. The maximum atomic E-state index is 13.6. The molecule has 0 fully saturated rings. The van der Waals surface area contributed by atoms with E-state index in [1.807, 2.05) is 0 Å². The van der Waals surface area contributed by atoms with Crippen LogP contribution in [0, 0.1) is 11.6 Å². The smallest absolute Gasteiger partial charge is 0.358 e. The van der Waals surface area contributed by atoms with E-state index in [2.05, 4.69) is 9.72 Å². The molecule has 0 unspecified atom stereocenters. The van der Waals surface area contributed by atoms with Gasteiger partial charge in [0, 0.05) is 5.56 Å². The largest absolute Gasteiger partial charge is 0.464 e. The molecule has 1 heterocycles. The number of rotatable bonds is 2. The van der Waals surface area contributed by atoms with Crippen LogP contribution >= 0.6 is 11.6 Å². The topological polar surface area (TPSA) is 39.2 Å². The van der Waals surface area contributed by atoms with Crippen molar-refractivity contribution in [2.45, 2.75) is 0 Å². The van der Waals surface area contributed by atoms with Crippen LogP contribution in [-0.4, -0.2) is 18.1 Å². The van der Waals surface area contributed by atoms with Gasteiger partial charge in [0.05, 0.1) is 17.8 Å². The van der Waals surface area contributed by atoms with Gasteiger partial charge in [0.1, 0.15) is 0 Å². The number of methoxy groups -OCH3 is 1. The fourth-order valence-corrected chi connectivity index (χ4v) is 1.72. The van der Waals surface area contributed by atoms with Crippen LogP contribution in [0.15, 0.2) is 30.3 Å². The van der Waals surface area contributed by atoms with Gasteiger partial charge in [-0.2, -0.15) is 0 Å². The lowest BCUT2D eigenvalue weighted by molar-refractivity contribution is 0.0594. The highest BCUT2D eigenvalue weighted by Gasteiger charge is 2.16. The van der Waals surface area contributed by atoms with Crippen molar-refractivity contribution >= 4 is 17.6 Å². The molecule has 0 saturated carbocycles. The van der Waals surface area contributed by atoms with Crippen LogP contribution in [0.5, 0.6) is 0 Å². The quantitative estimate of drug-likeness (QED) is 0.792. The Morgan fingerprint density at radius 2 is 2.00 bits per heavy atom. The molecule has 0 aliphatic heterocycles. The SMILES string of the molecule is COC(=O)c1nc(-c2cccc(F)c2F)ccc1Cl. The second kappa shape index (κ2) is 5.32. The number of carbonyl (C=O) groups excluding carboxylic acids is 1. The Bertz CT molecular complexity index is 647. The highest BCUT2D eigenvalue weighted by atomic mass is 35.5. The van der Waals surface area contributed by atoms with Crippen molar-refractivity contribution in [1.29, 1.82) is 0 Å². The number of pyridine rings is 1. The molecular weight excluding hydrogens is 276 g/mol. The lowest BCUT2D eigenvalue weighted by atomic mass is 10.1. The molecule has 0 radical (unpaired) electrons. The second-order valence-corrected chi connectivity index (χ2v) is 4.03. The van der Waals surface area contributed by atoms with Crippen LogP contribution in [0.1, 0.15) is 10.5 Å². The van der Waals surface area contributed by atoms with Gasteiger partial charge in [0.15, 0.2) is 17.3 Å². The minimum absolute atomic E-state index is 0.0539. The number of nitrogens with zero attached hydrogens (tertiary/aromatic N) is 1. The summed E-state index contributed by atoms with van der Waals surface area (Å²) < 4.78 is 31.3. The molecule has 6 heteroatoms. The lowest BCUT2D eigenvalue weighted by Gasteiger charge is -2.06. The number of carbonyl (C=O) groups is 1. The average Bonchev–Trinajstić information content (AvgIpc) is 2.42. The Balaban J connectivity index is 2.58. The number of benzene rings is 1. The van der Waals surface area contributed by atoms with Crippen LogP contribution in [0.25, 0.3) is 11.3 Å². The molecule has 0 aliphatic rings. The summed E-state index contributed by atoms with van der Waals surface area (Å²) in [5, 5.41) is 0.0763. The number of ether oxygens (including phenoxy) is 1. The number of esters is 1. The minimum atomic E-state index is -1.03. The van der Waals surface area contributed by atoms with E-state index in [4.69, 9.17) is 11.6 Å². The van der Waals surface area contributed by atoms with Crippen LogP contribution < -0.4 is 0 Å². The van der Waals surface area contributed by atoms with E-state index in [1.165, 1.54) is 31.4 Å². The van der Waals surface area contributed by atoms with E-state index in [0.29, 0.717) is 0 Å². The second-order valence-electron chi connectivity index (χ2n) is 3.62. The molecule has 1 aromatic heterocycles. The third-order valence-corrected chi connectivity index (χ3v) is 2.76. The van der Waals surface area contributed by atoms with Crippen molar-refractivity contribution in [1.82, 2.24) is 4.98 Å². The van der Waals surface area contributed by atoms with Crippen molar-refractivity contribution in [3.05, 3.63) is 52.7 Å². The molecule has 0 atom stereocenters. The molecule has 19 heavy (non-hydrogen) atoms. The Kier molecular flexibility index (Phi) is 3.76. The summed E-state index contributed by atoms with van der Waals surface area (Å²) in [6, 6.07) is 6.47. The van der Waals surface area contributed by atoms with Gasteiger partial charge in [-0.05, 0) is 24.3 Å². The van der Waals surface area contributed by atoms with Crippen molar-refractivity contribution < 1.29 is 18.3 Å². The third-order valence-electron chi connectivity index (χ3n) is 2.45. The number of hydrogen-bond donors (Lipinski definition) is 0. The first-order chi connectivity index (χ1) is 9.04. The van der Waals surface area contributed by atoms with Gasteiger partial charge in [-0.3, -0.25) is 0 Å². The zero-order chi connectivity index (χ0) is 14.0. The summed E-state index contributed by atoms with van der Waals surface area (Å²) in [6.07, 6.45) is 0. The van der Waals surface area contributed by atoms with Crippen LogP contribution in [0.4, 0.5) is 8.78 Å². The average molecular weight is 284 g/mol. The molecule has 2 rings (SSSR count). The lowest BCUT2D eigenvalue weighted by Crippen LogP contribution is -2.06. The normalized spacial score (nSPS) is 10.3. The van der Waals surface area contributed by atoms with Gasteiger partial charge in [-0.1, -0.05) is 17.7 Å². The fourth-order valence-electron chi connectivity index (χ4n) is 1.53. The maximum Gasteiger partial charge on any atom is 0.358 e. The first-order valence-electron chi connectivity index (χ1n) is 5.24. The Hall–Kier alpha value is -2.01. The molecule has 0 aliphatic carbocycles. The van der Waals surface area contributed by atoms with E-state index in [-0.39, 0.29) is 22.0 Å². The third kappa shape index (κ3) is 2.56. The van der Waals surface area contributed by atoms with Gasteiger partial charge in [0.2, 0.25) is 0 Å². The molecule has 0 bridgehead atoms. The van der Waals surface area contributed by atoms with E-state index >= 15 is 0 Å². The Labute approximate surface area is 112 Å². The van der Waals surface area contributed by atoms with Crippen LogP contribution in [0.2, 0.25) is 5.02 Å². The number of halogens is 3. The van der Waals surface area contributed by atoms with Gasteiger partial charge < -0.3 is 4.74 Å². The summed E-state index contributed by atoms with van der Waals surface area (Å²) in [4.78, 5) is 15.3. The zero-order valence-corrected chi connectivity index (χ0v) is 10.5. The minimum Gasteiger partial charge on any atom is -0.464 e. The van der Waals surface area contributed by atoms with Crippen molar-refractivity contribution in [2.75, 3.05) is 7.11 Å². The van der Waals surface area contributed by atoms with E-state index in [0.717, 1.165) is 6.07 Å². The molecule has 2 aromatic rings. The fraction of sp³-hybridized carbons (Fsp3) is 0.0769. The van der Waals surface area contributed by atoms with E-state index in [9.17, 15) is 13.6 Å². The van der Waals surface area contributed by atoms with Gasteiger partial charge in [-0.15, -0.1) is 0 Å². The van der Waals surface area contributed by atoms with Crippen molar-refractivity contribution in [3.8, 4) is 11.3 Å². The Morgan fingerprint density at radius 1 is 1.26 bits per heavy atom. The Morgan fingerprint density at radius 3 is 2.68 bits per heavy atom. The molecule has 1 aromatic carbocycles. The zero-order valence-electron chi connectivity index (χ0n) is 9.78. The summed E-state index contributed by atoms with van der Waals surface area (Å²) >= 11 is 5.80. The summed E-state index contributed by atoms with van der Waals surface area (Å²) in [6.45, 7) is 0. The molecule has 0 amide bonds. The van der Waals surface area contributed by atoms with Crippen LogP contribution in [-0.2, 0) is 4.74 Å². The molecule has 0 N–H and O–H groups in total. The first-order valence-corrected chi connectivity index (χ1v) is 5.61. The first kappa shape index (κ1) is 13.4. The summed E-state index contributed by atoms with van der Waals surface area (Å²) in [7, 11) is 1.18. The monoisotopic (exact) mass is 283 g/mol. The number of hydrogen-bond acceptors (Lipinski definition) is 3. The standard InChI is InChI=1S/C13H8ClF2NO2/c1-19-13(18)12-8(14)5-6-10(17-12)7-3-2-4-9(15)11(7)16/h2-6H,1H3. The van der Waals surface area contributed by atoms with E-state index < -0.39 is 17.6 Å². The van der Waals surface area contributed by atoms with Crippen LogP contribution in [0.3, 0.4) is 0 Å². The van der Waals surface area contributed by atoms with Crippen molar-refractivity contribution in [3.63, 3.8) is 0 Å². The van der Waals surface area contributed by atoms with E-state index in [1.54, 1.807) is 0 Å². The van der Waals surface area contributed by atoms with Gasteiger partial charge in [-0.25, -0.2) is 18.6 Å². The molecule has 0 spiro atoms. The predicted octanol–water partition coefficient (Wildman–Crippen LogP) is 3.47.